The molecule has 3 rings (SSSR count). The molecule has 0 fully saturated rings. The number of hydrogen-bond acceptors (Lipinski definition) is 8. The first kappa shape index (κ1) is 30.6. The van der Waals surface area contributed by atoms with Gasteiger partial charge in [0.1, 0.15) is 29.4 Å². The number of thioether (sulfide) groups is 1. The lowest BCUT2D eigenvalue weighted by molar-refractivity contribution is -0.0438. The van der Waals surface area contributed by atoms with Gasteiger partial charge < -0.3 is 19.8 Å². The van der Waals surface area contributed by atoms with Crippen molar-refractivity contribution in [2.45, 2.75) is 32.5 Å². The Morgan fingerprint density at radius 1 is 1.16 bits per heavy atom. The van der Waals surface area contributed by atoms with Crippen LogP contribution in [0.2, 0.25) is 0 Å². The van der Waals surface area contributed by atoms with Gasteiger partial charge in [-0.3, -0.25) is 4.57 Å². The number of alkyl halides is 4. The quantitative estimate of drug-likeness (QED) is 0.133. The molecular weight excluding hydrogens is 606 g/mol. The zero-order valence-corrected chi connectivity index (χ0v) is 22.4. The highest BCUT2D eigenvalue weighted by atomic mass is 32.3. The van der Waals surface area contributed by atoms with Crippen LogP contribution in [0.25, 0.3) is 0 Å². The lowest BCUT2D eigenvalue weighted by atomic mass is 9.99. The van der Waals surface area contributed by atoms with Crippen LogP contribution >= 0.6 is 19.4 Å². The fourth-order valence-electron chi connectivity index (χ4n) is 3.49. The second-order valence-electron chi connectivity index (χ2n) is 8.02. The maximum absolute atomic E-state index is 16.0. The third-order valence-corrected chi connectivity index (χ3v) is 11.3. The molecular formula is C19H20F5N2O8PS3. The van der Waals surface area contributed by atoms with Crippen molar-refractivity contribution < 1.29 is 57.9 Å². The molecule has 19 heteroatoms. The Morgan fingerprint density at radius 2 is 1.76 bits per heavy atom. The number of rotatable bonds is 10. The zero-order valence-electron chi connectivity index (χ0n) is 19.1. The Balaban J connectivity index is 2.07. The van der Waals surface area contributed by atoms with Gasteiger partial charge in [0.15, 0.2) is 10.3 Å². The maximum atomic E-state index is 16.0. The van der Waals surface area contributed by atoms with Gasteiger partial charge in [-0.15, -0.1) is 0 Å². The van der Waals surface area contributed by atoms with E-state index in [-0.39, 0.29) is 24.4 Å². The highest BCUT2D eigenvalue weighted by molar-refractivity contribution is 8.13. The molecule has 1 heterocycles. The van der Waals surface area contributed by atoms with Crippen molar-refractivity contribution >= 4 is 44.9 Å². The summed E-state index contributed by atoms with van der Waals surface area (Å²) in [5.41, 5.74) is -10.4. The summed E-state index contributed by atoms with van der Waals surface area (Å²) in [6.07, 6.45) is -1.49. The normalized spacial score (nSPS) is 20.3. The number of halogens is 5. The van der Waals surface area contributed by atoms with E-state index in [0.29, 0.717) is 12.6 Å². The number of nitrogens with one attached hydrogen (secondary N) is 2. The van der Waals surface area contributed by atoms with E-state index in [1.54, 1.807) is 30.3 Å². The summed E-state index contributed by atoms with van der Waals surface area (Å²) >= 11 is -0.151. The van der Waals surface area contributed by atoms with Crippen LogP contribution in [0.3, 0.4) is 0 Å². The number of hydrogen-bond donors (Lipinski definition) is 4. The van der Waals surface area contributed by atoms with E-state index >= 15 is 4.39 Å². The third kappa shape index (κ3) is 6.26. The first-order valence-corrected chi connectivity index (χ1v) is 16.0. The number of sulfonamides is 1. The Bertz CT molecular complexity index is 1470. The summed E-state index contributed by atoms with van der Waals surface area (Å²) in [4.78, 5) is 15.0. The monoisotopic (exact) mass is 626 g/mol. The SMILES string of the molecule is CC1(F)c2c(c(F)cc(OCCNc3ccccc3)c2S(=O)(=O)C(F)(F)F)SC1S(=O)(=O)NCP(=O)(O)O. The van der Waals surface area contributed by atoms with Gasteiger partial charge in [0.25, 0.3) is 9.84 Å². The molecule has 10 nitrogen and oxygen atoms in total. The Kier molecular flexibility index (Phi) is 8.50. The van der Waals surface area contributed by atoms with E-state index in [4.69, 9.17) is 14.5 Å². The van der Waals surface area contributed by atoms with E-state index in [1.807, 2.05) is 0 Å². The molecule has 0 aliphatic carbocycles. The maximum Gasteiger partial charge on any atom is 0.502 e. The first-order valence-electron chi connectivity index (χ1n) is 10.3. The Labute approximate surface area is 218 Å². The number of benzene rings is 2. The highest BCUT2D eigenvalue weighted by Gasteiger charge is 2.59. The molecule has 0 amide bonds. The minimum Gasteiger partial charge on any atom is -0.490 e. The lowest BCUT2D eigenvalue weighted by Gasteiger charge is -2.26. The summed E-state index contributed by atoms with van der Waals surface area (Å²) in [5, 5.41) is 2.82. The number of sulfone groups is 1. The van der Waals surface area contributed by atoms with E-state index in [0.717, 1.165) is 0 Å². The molecule has 0 bridgehead atoms. The van der Waals surface area contributed by atoms with Crippen molar-refractivity contribution in [1.82, 2.24) is 4.72 Å². The second-order valence-corrected chi connectivity index (χ2v) is 14.8. The van der Waals surface area contributed by atoms with Gasteiger partial charge in [0.2, 0.25) is 10.0 Å². The van der Waals surface area contributed by atoms with Crippen LogP contribution in [0.5, 0.6) is 5.75 Å². The largest absolute Gasteiger partial charge is 0.502 e. The molecule has 2 unspecified atom stereocenters. The van der Waals surface area contributed by atoms with Crippen molar-refractivity contribution in [3.05, 3.63) is 47.8 Å². The average Bonchev–Trinajstić information content (AvgIpc) is 3.07. The molecule has 212 valence electrons. The summed E-state index contributed by atoms with van der Waals surface area (Å²) in [6, 6.07) is 8.62. The standard InChI is InChI=1S/C19H20F5N2O8PS3/c1-18(21)14-15(36-17(18)38(32,33)26-10-35(27,28)29)12(20)9-13(16(14)37(30,31)19(22,23)24)34-8-7-25-11-5-3-2-4-6-11/h2-6,9,17,25-26H,7-8,10H2,1H3,(H2,27,28,29). The molecule has 2 aromatic rings. The molecule has 0 aromatic heterocycles. The van der Waals surface area contributed by atoms with E-state index in [1.165, 1.54) is 4.72 Å². The van der Waals surface area contributed by atoms with Crippen molar-refractivity contribution in [3.63, 3.8) is 0 Å². The average molecular weight is 627 g/mol. The highest BCUT2D eigenvalue weighted by Crippen LogP contribution is 2.58. The molecule has 1 aliphatic heterocycles. The zero-order chi connectivity index (χ0) is 28.7. The number of ether oxygens (including phenoxy) is 1. The van der Waals surface area contributed by atoms with Crippen LogP contribution in [-0.2, 0) is 30.1 Å². The summed E-state index contributed by atoms with van der Waals surface area (Å²) < 4.78 is 137. The van der Waals surface area contributed by atoms with Crippen molar-refractivity contribution in [2.24, 2.45) is 0 Å². The van der Waals surface area contributed by atoms with Gasteiger partial charge in [-0.1, -0.05) is 30.0 Å². The van der Waals surface area contributed by atoms with Crippen molar-refractivity contribution in [2.75, 3.05) is 24.8 Å². The molecule has 0 spiro atoms. The van der Waals surface area contributed by atoms with Gasteiger partial charge >= 0.3 is 13.1 Å². The predicted octanol–water partition coefficient (Wildman–Crippen LogP) is 3.28. The molecule has 1 aliphatic rings. The smallest absolute Gasteiger partial charge is 0.490 e. The van der Waals surface area contributed by atoms with Crippen molar-refractivity contribution in [1.29, 1.82) is 0 Å². The first-order chi connectivity index (χ1) is 17.3. The van der Waals surface area contributed by atoms with Crippen LogP contribution in [0.15, 0.2) is 46.2 Å². The third-order valence-electron chi connectivity index (χ3n) is 5.10. The van der Waals surface area contributed by atoms with Gasteiger partial charge in [-0.25, -0.2) is 30.3 Å². The Hall–Kier alpha value is -1.95. The summed E-state index contributed by atoms with van der Waals surface area (Å²) in [7, 11) is -16.5. The van der Waals surface area contributed by atoms with Crippen LogP contribution in [0.4, 0.5) is 27.6 Å². The second kappa shape index (κ2) is 10.6. The van der Waals surface area contributed by atoms with Crippen molar-refractivity contribution in [3.8, 4) is 5.75 Å². The fourth-order valence-corrected chi connectivity index (χ4v) is 9.13. The fraction of sp³-hybridized carbons (Fsp3) is 0.368. The van der Waals surface area contributed by atoms with Gasteiger partial charge in [-0.2, -0.15) is 13.2 Å². The Morgan fingerprint density at radius 3 is 2.32 bits per heavy atom. The molecule has 2 aromatic carbocycles. The van der Waals surface area contributed by atoms with Gasteiger partial charge in [0, 0.05) is 23.9 Å². The number of anilines is 1. The number of para-hydroxylation sites is 1. The van der Waals surface area contributed by atoms with Gasteiger partial charge in [0.05, 0.1) is 4.90 Å². The lowest BCUT2D eigenvalue weighted by Crippen LogP contribution is -2.41. The molecule has 0 radical (unpaired) electrons. The van der Waals surface area contributed by atoms with E-state index in [2.05, 4.69) is 5.32 Å². The molecule has 4 N–H and O–H groups in total. The van der Waals surface area contributed by atoms with E-state index < -0.39 is 83.0 Å². The van der Waals surface area contributed by atoms with Crippen LogP contribution in [0, 0.1) is 5.82 Å². The number of fused-ring (bicyclic) bond motifs is 1. The van der Waals surface area contributed by atoms with E-state index in [9.17, 15) is 39.0 Å². The molecule has 0 saturated carbocycles. The van der Waals surface area contributed by atoms with Crippen LogP contribution < -0.4 is 14.8 Å². The predicted molar refractivity (Wildman–Crippen MR) is 127 cm³/mol. The van der Waals surface area contributed by atoms with Gasteiger partial charge in [-0.05, 0) is 19.1 Å². The summed E-state index contributed by atoms with van der Waals surface area (Å²) in [6.45, 7) is -0.183. The van der Waals surface area contributed by atoms with Crippen LogP contribution in [0.1, 0.15) is 12.5 Å². The topological polar surface area (TPSA) is 159 Å². The minimum absolute atomic E-state index is 0.0980. The summed E-state index contributed by atoms with van der Waals surface area (Å²) in [5.74, 6) is -2.66. The molecule has 2 atom stereocenters. The molecule has 0 saturated heterocycles. The molecule has 38 heavy (non-hydrogen) atoms. The minimum atomic E-state index is -6.42. The van der Waals surface area contributed by atoms with Crippen LogP contribution in [-0.4, -0.2) is 56.2 Å².